The number of phenols is 1. The molecule has 0 fully saturated rings. The molecular weight excluding hydrogens is 286 g/mol. The highest BCUT2D eigenvalue weighted by atomic mass is 32.2. The molecule has 0 unspecified atom stereocenters. The van der Waals surface area contributed by atoms with Crippen LogP contribution in [0, 0.1) is 0 Å². The number of phenolic OH excluding ortho intramolecular Hbond substituents is 1. The van der Waals surface area contributed by atoms with Crippen LogP contribution in [-0.4, -0.2) is 20.1 Å². The Morgan fingerprint density at radius 2 is 1.68 bits per heavy atom. The summed E-state index contributed by atoms with van der Waals surface area (Å²) in [7, 11) is 0. The standard InChI is InChI=1S/C12H11NO4S2/c1-6(14)13-10-4-8(18-16)2-7-3-9(19-17)5-11(15)12(7)10/h2-5,15-17H,1H3,(H,13,14). The third-order valence-corrected chi connectivity index (χ3v) is 3.39. The fraction of sp³-hybridized carbons (Fsp3) is 0.0833. The second-order valence-corrected chi connectivity index (χ2v) is 5.18. The van der Waals surface area contributed by atoms with Gasteiger partial charge in [-0.15, -0.1) is 0 Å². The zero-order valence-electron chi connectivity index (χ0n) is 9.88. The second kappa shape index (κ2) is 5.70. The molecule has 0 spiro atoms. The van der Waals surface area contributed by atoms with Gasteiger partial charge in [0.1, 0.15) is 5.75 Å². The highest BCUT2D eigenvalue weighted by molar-refractivity contribution is 7.94. The van der Waals surface area contributed by atoms with Crippen molar-refractivity contribution in [3.63, 3.8) is 0 Å². The SMILES string of the molecule is CC(=O)Nc1cc(SO)cc2cc(SO)cc(O)c12. The Kier molecular flexibility index (Phi) is 4.20. The average Bonchev–Trinajstić information content (AvgIpc) is 2.36. The number of fused-ring (bicyclic) bond motifs is 1. The second-order valence-electron chi connectivity index (χ2n) is 3.88. The monoisotopic (exact) mass is 297 g/mol. The van der Waals surface area contributed by atoms with Gasteiger partial charge in [0.2, 0.25) is 5.91 Å². The number of anilines is 1. The van der Waals surface area contributed by atoms with Gasteiger partial charge < -0.3 is 19.5 Å². The van der Waals surface area contributed by atoms with E-state index in [0.29, 0.717) is 50.3 Å². The van der Waals surface area contributed by atoms with Crippen molar-refractivity contribution in [2.24, 2.45) is 0 Å². The molecule has 1 amide bonds. The van der Waals surface area contributed by atoms with Gasteiger partial charge in [-0.3, -0.25) is 4.79 Å². The van der Waals surface area contributed by atoms with Crippen LogP contribution in [0.2, 0.25) is 0 Å². The lowest BCUT2D eigenvalue weighted by molar-refractivity contribution is -0.114. The topological polar surface area (TPSA) is 89.8 Å². The van der Waals surface area contributed by atoms with E-state index in [-0.39, 0.29) is 11.7 Å². The lowest BCUT2D eigenvalue weighted by Crippen LogP contribution is -2.06. The first kappa shape index (κ1) is 14.0. The summed E-state index contributed by atoms with van der Waals surface area (Å²) in [5.74, 6) is -0.325. The zero-order valence-corrected chi connectivity index (χ0v) is 11.5. The van der Waals surface area contributed by atoms with Crippen molar-refractivity contribution in [3.05, 3.63) is 24.3 Å². The molecule has 2 aromatic rings. The molecule has 0 atom stereocenters. The van der Waals surface area contributed by atoms with Gasteiger partial charge in [0.05, 0.1) is 5.69 Å². The molecular formula is C12H11NO4S2. The van der Waals surface area contributed by atoms with Crippen molar-refractivity contribution in [1.82, 2.24) is 0 Å². The summed E-state index contributed by atoms with van der Waals surface area (Å²) in [4.78, 5) is 12.2. The van der Waals surface area contributed by atoms with Gasteiger partial charge in [0, 0.05) is 46.2 Å². The Labute approximate surface area is 118 Å². The van der Waals surface area contributed by atoms with Crippen molar-refractivity contribution in [2.75, 3.05) is 5.32 Å². The molecule has 19 heavy (non-hydrogen) atoms. The molecule has 0 aliphatic rings. The Bertz CT molecular complexity index is 640. The van der Waals surface area contributed by atoms with Crippen molar-refractivity contribution in [2.45, 2.75) is 16.7 Å². The minimum absolute atomic E-state index is 0.0488. The van der Waals surface area contributed by atoms with Crippen molar-refractivity contribution < 1.29 is 19.0 Å². The number of hydrogen-bond acceptors (Lipinski definition) is 6. The molecule has 0 bridgehead atoms. The van der Waals surface area contributed by atoms with E-state index in [2.05, 4.69) is 5.32 Å². The lowest BCUT2D eigenvalue weighted by atomic mass is 10.1. The van der Waals surface area contributed by atoms with Crippen molar-refractivity contribution in [1.29, 1.82) is 0 Å². The Morgan fingerprint density at radius 1 is 1.11 bits per heavy atom. The van der Waals surface area contributed by atoms with Crippen LogP contribution in [-0.2, 0) is 4.79 Å². The molecule has 0 heterocycles. The molecule has 2 aromatic carbocycles. The normalized spacial score (nSPS) is 10.7. The van der Waals surface area contributed by atoms with E-state index < -0.39 is 0 Å². The molecule has 2 rings (SSSR count). The number of rotatable bonds is 3. The maximum atomic E-state index is 11.2. The van der Waals surface area contributed by atoms with Gasteiger partial charge in [-0.05, 0) is 29.7 Å². The van der Waals surface area contributed by atoms with E-state index in [9.17, 15) is 9.90 Å². The Balaban J connectivity index is 2.74. The third kappa shape index (κ3) is 2.95. The first-order valence-corrected chi connectivity index (χ1v) is 6.81. The summed E-state index contributed by atoms with van der Waals surface area (Å²) in [6.07, 6.45) is 0. The van der Waals surface area contributed by atoms with Crippen LogP contribution >= 0.6 is 24.1 Å². The molecule has 0 saturated carbocycles. The maximum Gasteiger partial charge on any atom is 0.221 e. The van der Waals surface area contributed by atoms with E-state index in [1.165, 1.54) is 13.0 Å². The molecule has 0 aromatic heterocycles. The number of nitrogens with one attached hydrogen (secondary N) is 1. The maximum absolute atomic E-state index is 11.2. The molecule has 0 saturated heterocycles. The van der Waals surface area contributed by atoms with Crippen LogP contribution in [0.3, 0.4) is 0 Å². The smallest absolute Gasteiger partial charge is 0.221 e. The molecule has 100 valence electrons. The molecule has 5 nitrogen and oxygen atoms in total. The molecule has 4 N–H and O–H groups in total. The minimum atomic E-state index is -0.276. The lowest BCUT2D eigenvalue weighted by Gasteiger charge is -2.11. The summed E-state index contributed by atoms with van der Waals surface area (Å²) >= 11 is 1.06. The number of carbonyl (C=O) groups is 1. The van der Waals surface area contributed by atoms with Gasteiger partial charge in [-0.1, -0.05) is 0 Å². The van der Waals surface area contributed by atoms with Crippen LogP contribution in [0.1, 0.15) is 6.92 Å². The number of carbonyl (C=O) groups excluding carboxylic acids is 1. The van der Waals surface area contributed by atoms with Gasteiger partial charge in [0.15, 0.2) is 0 Å². The zero-order chi connectivity index (χ0) is 14.0. The molecule has 0 radical (unpaired) electrons. The number of amides is 1. The van der Waals surface area contributed by atoms with E-state index >= 15 is 0 Å². The highest BCUT2D eigenvalue weighted by Crippen LogP contribution is 2.38. The first-order valence-electron chi connectivity index (χ1n) is 5.26. The van der Waals surface area contributed by atoms with Crippen LogP contribution in [0.15, 0.2) is 34.1 Å². The summed E-state index contributed by atoms with van der Waals surface area (Å²) in [5.41, 5.74) is 0.411. The quantitative estimate of drug-likeness (QED) is 0.647. The predicted octanol–water partition coefficient (Wildman–Crippen LogP) is 3.63. The van der Waals surface area contributed by atoms with Gasteiger partial charge in [0.25, 0.3) is 0 Å². The third-order valence-electron chi connectivity index (χ3n) is 2.50. The average molecular weight is 297 g/mol. The van der Waals surface area contributed by atoms with Crippen LogP contribution in [0.5, 0.6) is 5.75 Å². The summed E-state index contributed by atoms with van der Waals surface area (Å²) in [6.45, 7) is 1.36. The van der Waals surface area contributed by atoms with Crippen LogP contribution in [0.25, 0.3) is 10.8 Å². The number of aromatic hydroxyl groups is 1. The Morgan fingerprint density at radius 3 is 2.21 bits per heavy atom. The van der Waals surface area contributed by atoms with E-state index in [4.69, 9.17) is 9.11 Å². The summed E-state index contributed by atoms with van der Waals surface area (Å²) in [6, 6.07) is 6.29. The fourth-order valence-electron chi connectivity index (χ4n) is 1.83. The molecule has 0 aliphatic heterocycles. The van der Waals surface area contributed by atoms with Crippen molar-refractivity contribution >= 4 is 46.5 Å². The van der Waals surface area contributed by atoms with Gasteiger partial charge in [-0.2, -0.15) is 0 Å². The number of hydrogen-bond donors (Lipinski definition) is 4. The van der Waals surface area contributed by atoms with Gasteiger partial charge in [-0.25, -0.2) is 0 Å². The fourth-order valence-corrected chi connectivity index (χ4v) is 2.53. The largest absolute Gasteiger partial charge is 0.507 e. The van der Waals surface area contributed by atoms with E-state index in [0.717, 1.165) is 0 Å². The molecule has 0 aliphatic carbocycles. The molecule has 7 heteroatoms. The van der Waals surface area contributed by atoms with E-state index in [1.807, 2.05) is 0 Å². The predicted molar refractivity (Wildman–Crippen MR) is 76.9 cm³/mol. The number of benzene rings is 2. The summed E-state index contributed by atoms with van der Waals surface area (Å²) < 4.78 is 18.2. The van der Waals surface area contributed by atoms with E-state index in [1.54, 1.807) is 18.2 Å². The first-order chi connectivity index (χ1) is 9.05. The Hall–Kier alpha value is -1.41. The van der Waals surface area contributed by atoms with Crippen LogP contribution in [0.4, 0.5) is 5.69 Å². The van der Waals surface area contributed by atoms with Crippen molar-refractivity contribution in [3.8, 4) is 5.75 Å². The van der Waals surface area contributed by atoms with Gasteiger partial charge >= 0.3 is 0 Å². The minimum Gasteiger partial charge on any atom is -0.507 e. The van der Waals surface area contributed by atoms with Crippen LogP contribution < -0.4 is 5.32 Å². The highest BCUT2D eigenvalue weighted by Gasteiger charge is 2.11. The summed E-state index contributed by atoms with van der Waals surface area (Å²) in [5, 5.41) is 13.7.